The molecule has 0 amide bonds. The quantitative estimate of drug-likeness (QED) is 0.513. The van der Waals surface area contributed by atoms with Crippen molar-refractivity contribution in [2.75, 3.05) is 0 Å². The minimum Gasteiger partial charge on any atom is -0.291 e. The maximum absolute atomic E-state index is 10.8. The van der Waals surface area contributed by atoms with Crippen molar-refractivity contribution in [1.82, 2.24) is 0 Å². The number of Topliss-reactive ketones (excluding diaryl/α,β-unsaturated/α-hetero) is 2. The SMILES string of the molecule is CC(=O)C(=O)C1CC1C. The van der Waals surface area contributed by atoms with Crippen LogP contribution in [0.2, 0.25) is 0 Å². The Labute approximate surface area is 54.2 Å². The van der Waals surface area contributed by atoms with Gasteiger partial charge in [-0.1, -0.05) is 6.92 Å². The molecule has 2 nitrogen and oxygen atoms in total. The summed E-state index contributed by atoms with van der Waals surface area (Å²) in [5, 5.41) is 0. The standard InChI is InChI=1S/C7H10O2/c1-4-3-6(4)7(9)5(2)8/h4,6H,3H2,1-2H3. The van der Waals surface area contributed by atoms with Gasteiger partial charge in [0.15, 0.2) is 5.78 Å². The molecular weight excluding hydrogens is 116 g/mol. The Kier molecular flexibility index (Phi) is 1.39. The highest BCUT2D eigenvalue weighted by atomic mass is 16.2. The normalized spacial score (nSPS) is 31.8. The van der Waals surface area contributed by atoms with Gasteiger partial charge < -0.3 is 0 Å². The van der Waals surface area contributed by atoms with Gasteiger partial charge in [-0.2, -0.15) is 0 Å². The summed E-state index contributed by atoms with van der Waals surface area (Å²) in [6, 6.07) is 0. The van der Waals surface area contributed by atoms with Gasteiger partial charge in [0.1, 0.15) is 0 Å². The lowest BCUT2D eigenvalue weighted by Gasteiger charge is -1.87. The molecule has 2 unspecified atom stereocenters. The predicted molar refractivity (Wildman–Crippen MR) is 33.0 cm³/mol. The van der Waals surface area contributed by atoms with E-state index in [1.54, 1.807) is 0 Å². The van der Waals surface area contributed by atoms with E-state index in [2.05, 4.69) is 0 Å². The third kappa shape index (κ3) is 1.18. The van der Waals surface area contributed by atoms with Crippen LogP contribution in [-0.4, -0.2) is 11.6 Å². The van der Waals surface area contributed by atoms with Crippen LogP contribution in [0.4, 0.5) is 0 Å². The van der Waals surface area contributed by atoms with E-state index < -0.39 is 0 Å². The van der Waals surface area contributed by atoms with Gasteiger partial charge in [0.25, 0.3) is 0 Å². The second kappa shape index (κ2) is 1.94. The fraction of sp³-hybridized carbons (Fsp3) is 0.714. The first-order chi connectivity index (χ1) is 4.13. The highest BCUT2D eigenvalue weighted by Crippen LogP contribution is 2.38. The van der Waals surface area contributed by atoms with Gasteiger partial charge >= 0.3 is 0 Å². The number of carbonyl (C=O) groups is 2. The zero-order valence-electron chi connectivity index (χ0n) is 5.68. The van der Waals surface area contributed by atoms with Crippen molar-refractivity contribution in [2.24, 2.45) is 11.8 Å². The van der Waals surface area contributed by atoms with Crippen LogP contribution in [0, 0.1) is 11.8 Å². The molecule has 0 aromatic heterocycles. The highest BCUT2D eigenvalue weighted by molar-refractivity contribution is 6.37. The Bertz CT molecular complexity index is 160. The topological polar surface area (TPSA) is 34.1 Å². The minimum atomic E-state index is -0.288. The van der Waals surface area contributed by atoms with Crippen molar-refractivity contribution >= 4 is 11.6 Å². The molecule has 1 saturated carbocycles. The van der Waals surface area contributed by atoms with Crippen LogP contribution in [0.1, 0.15) is 20.3 Å². The molecule has 50 valence electrons. The number of hydrogen-bond acceptors (Lipinski definition) is 2. The summed E-state index contributed by atoms with van der Waals surface area (Å²) < 4.78 is 0. The van der Waals surface area contributed by atoms with Crippen LogP contribution in [-0.2, 0) is 9.59 Å². The maximum Gasteiger partial charge on any atom is 0.201 e. The van der Waals surface area contributed by atoms with Gasteiger partial charge in [-0.05, 0) is 12.3 Å². The van der Waals surface area contributed by atoms with E-state index >= 15 is 0 Å². The molecular formula is C7H10O2. The zero-order valence-corrected chi connectivity index (χ0v) is 5.68. The summed E-state index contributed by atoms with van der Waals surface area (Å²) in [7, 11) is 0. The smallest absolute Gasteiger partial charge is 0.201 e. The van der Waals surface area contributed by atoms with E-state index in [4.69, 9.17) is 0 Å². The lowest BCUT2D eigenvalue weighted by atomic mass is 10.2. The van der Waals surface area contributed by atoms with E-state index in [9.17, 15) is 9.59 Å². The van der Waals surface area contributed by atoms with Crippen molar-refractivity contribution in [3.8, 4) is 0 Å². The van der Waals surface area contributed by atoms with Crippen molar-refractivity contribution in [1.29, 1.82) is 0 Å². The maximum atomic E-state index is 10.8. The number of carbonyl (C=O) groups excluding carboxylic acids is 2. The predicted octanol–water partition coefficient (Wildman–Crippen LogP) is 0.800. The average Bonchev–Trinajstić information content (AvgIpc) is 2.44. The third-order valence-corrected chi connectivity index (χ3v) is 1.79. The number of hydrogen-bond donors (Lipinski definition) is 0. The molecule has 2 atom stereocenters. The van der Waals surface area contributed by atoms with Crippen LogP contribution >= 0.6 is 0 Å². The largest absolute Gasteiger partial charge is 0.291 e. The Hall–Kier alpha value is -0.660. The van der Waals surface area contributed by atoms with E-state index in [1.807, 2.05) is 6.92 Å². The van der Waals surface area contributed by atoms with Gasteiger partial charge in [0.05, 0.1) is 0 Å². The Morgan fingerprint density at radius 2 is 1.89 bits per heavy atom. The van der Waals surface area contributed by atoms with E-state index in [0.717, 1.165) is 6.42 Å². The number of ketones is 2. The van der Waals surface area contributed by atoms with Crippen LogP contribution in [0.5, 0.6) is 0 Å². The Morgan fingerprint density at radius 1 is 1.44 bits per heavy atom. The fourth-order valence-electron chi connectivity index (χ4n) is 0.949. The molecule has 0 aromatic rings. The Morgan fingerprint density at radius 3 is 2.00 bits per heavy atom. The second-order valence-corrected chi connectivity index (χ2v) is 2.74. The van der Waals surface area contributed by atoms with E-state index in [0.29, 0.717) is 5.92 Å². The molecule has 0 bridgehead atoms. The van der Waals surface area contributed by atoms with Crippen LogP contribution in [0.25, 0.3) is 0 Å². The van der Waals surface area contributed by atoms with E-state index in [1.165, 1.54) is 6.92 Å². The van der Waals surface area contributed by atoms with Gasteiger partial charge in [-0.3, -0.25) is 9.59 Å². The first-order valence-corrected chi connectivity index (χ1v) is 3.17. The zero-order chi connectivity index (χ0) is 7.02. The molecule has 0 saturated heterocycles. The summed E-state index contributed by atoms with van der Waals surface area (Å²) in [5.74, 6) is 0.0655. The van der Waals surface area contributed by atoms with Gasteiger partial charge in [-0.15, -0.1) is 0 Å². The summed E-state index contributed by atoms with van der Waals surface area (Å²) in [5.41, 5.74) is 0. The molecule has 0 heterocycles. The van der Waals surface area contributed by atoms with Crippen molar-refractivity contribution in [2.45, 2.75) is 20.3 Å². The summed E-state index contributed by atoms with van der Waals surface area (Å²) >= 11 is 0. The molecule has 1 rings (SSSR count). The third-order valence-electron chi connectivity index (χ3n) is 1.79. The summed E-state index contributed by atoms with van der Waals surface area (Å²) in [6.07, 6.45) is 0.915. The average molecular weight is 126 g/mol. The Balaban J connectivity index is 2.46. The molecule has 9 heavy (non-hydrogen) atoms. The monoisotopic (exact) mass is 126 g/mol. The molecule has 0 radical (unpaired) electrons. The van der Waals surface area contributed by atoms with Crippen molar-refractivity contribution in [3.05, 3.63) is 0 Å². The molecule has 0 aromatic carbocycles. The molecule has 1 aliphatic carbocycles. The molecule has 0 aliphatic heterocycles. The summed E-state index contributed by atoms with van der Waals surface area (Å²) in [6.45, 7) is 3.33. The molecule has 0 N–H and O–H groups in total. The lowest BCUT2D eigenvalue weighted by molar-refractivity contribution is -0.136. The first kappa shape index (κ1) is 6.46. The van der Waals surface area contributed by atoms with Crippen molar-refractivity contribution in [3.63, 3.8) is 0 Å². The van der Waals surface area contributed by atoms with Gasteiger partial charge in [0.2, 0.25) is 5.78 Å². The lowest BCUT2D eigenvalue weighted by Crippen LogP contribution is -2.11. The fourth-order valence-corrected chi connectivity index (χ4v) is 0.949. The highest BCUT2D eigenvalue weighted by Gasteiger charge is 2.40. The summed E-state index contributed by atoms with van der Waals surface area (Å²) in [4.78, 5) is 21.2. The van der Waals surface area contributed by atoms with Crippen LogP contribution < -0.4 is 0 Å². The van der Waals surface area contributed by atoms with E-state index in [-0.39, 0.29) is 17.5 Å². The molecule has 1 fully saturated rings. The molecule has 0 spiro atoms. The second-order valence-electron chi connectivity index (χ2n) is 2.74. The minimum absolute atomic E-state index is 0.0718. The van der Waals surface area contributed by atoms with Crippen molar-refractivity contribution < 1.29 is 9.59 Å². The van der Waals surface area contributed by atoms with Crippen LogP contribution in [0.3, 0.4) is 0 Å². The number of rotatable bonds is 2. The molecule has 2 heteroatoms. The molecule has 1 aliphatic rings. The van der Waals surface area contributed by atoms with Gasteiger partial charge in [0, 0.05) is 12.8 Å². The first-order valence-electron chi connectivity index (χ1n) is 3.17. The van der Waals surface area contributed by atoms with Crippen LogP contribution in [0.15, 0.2) is 0 Å². The van der Waals surface area contributed by atoms with Gasteiger partial charge in [-0.25, -0.2) is 0 Å².